The van der Waals surface area contributed by atoms with E-state index >= 15 is 0 Å². The molecule has 3 aromatic rings. The first kappa shape index (κ1) is 25.9. The number of thiocarbonyl (C=S) groups is 1. The Bertz CT molecular complexity index is 1360. The van der Waals surface area contributed by atoms with E-state index in [-0.39, 0.29) is 20.6 Å². The lowest BCUT2D eigenvalue weighted by Crippen LogP contribution is -2.34. The maximum atomic E-state index is 12.6. The molecule has 3 rings (SSSR count). The lowest BCUT2D eigenvalue weighted by atomic mass is 10.2. The Morgan fingerprint density at radius 2 is 1.69 bits per heavy atom. The Hall–Kier alpha value is -3.74. The molecule has 0 saturated carbocycles. The summed E-state index contributed by atoms with van der Waals surface area (Å²) in [6.45, 7) is 2.35. The average molecular weight is 535 g/mol. The number of benzene rings is 3. The molecule has 3 aromatic carbocycles. The Morgan fingerprint density at radius 3 is 2.29 bits per heavy atom. The topological polar surface area (TPSA) is 140 Å². The second kappa shape index (κ2) is 11.1. The van der Waals surface area contributed by atoms with Crippen LogP contribution >= 0.6 is 23.8 Å². The maximum Gasteiger partial charge on any atom is 0.288 e. The molecule has 0 heterocycles. The van der Waals surface area contributed by atoms with Crippen LogP contribution in [-0.2, 0) is 10.0 Å². The largest absolute Gasteiger partial charge is 0.494 e. The molecule has 0 atom stereocenters. The highest BCUT2D eigenvalue weighted by Gasteiger charge is 2.18. The number of halogens is 1. The smallest absolute Gasteiger partial charge is 0.288 e. The summed E-state index contributed by atoms with van der Waals surface area (Å²) in [6.07, 6.45) is 0. The number of nitrogens with one attached hydrogen (secondary N) is 3. The number of carbonyl (C=O) groups is 1. The van der Waals surface area contributed by atoms with Gasteiger partial charge in [0.2, 0.25) is 0 Å². The Labute approximate surface area is 211 Å². The van der Waals surface area contributed by atoms with Crippen molar-refractivity contribution in [3.8, 4) is 5.75 Å². The molecule has 35 heavy (non-hydrogen) atoms. The zero-order chi connectivity index (χ0) is 25.6. The highest BCUT2D eigenvalue weighted by molar-refractivity contribution is 7.92. The highest BCUT2D eigenvalue weighted by Crippen LogP contribution is 2.25. The van der Waals surface area contributed by atoms with Gasteiger partial charge in [-0.05, 0) is 79.8 Å². The standard InChI is InChI=1S/C22H19ClN4O6S2/c1-2-33-17-8-4-16(5-9-17)26-35(31,32)18-10-6-15(7-11-18)24-22(34)25-21(28)14-3-12-19(23)20(13-14)27(29)30/h3-13,26H,2H2,1H3,(H2,24,25,28,34). The molecule has 0 aliphatic heterocycles. The summed E-state index contributed by atoms with van der Waals surface area (Å²) in [7, 11) is -3.84. The van der Waals surface area contributed by atoms with Crippen molar-refractivity contribution in [3.63, 3.8) is 0 Å². The number of nitrogens with zero attached hydrogens (tertiary/aromatic N) is 1. The van der Waals surface area contributed by atoms with Crippen LogP contribution in [0.25, 0.3) is 0 Å². The first-order chi connectivity index (χ1) is 16.6. The number of rotatable bonds is 8. The van der Waals surface area contributed by atoms with Crippen LogP contribution in [0.15, 0.2) is 71.6 Å². The van der Waals surface area contributed by atoms with Gasteiger partial charge in [-0.25, -0.2) is 8.42 Å². The van der Waals surface area contributed by atoms with Gasteiger partial charge in [-0.1, -0.05) is 11.6 Å². The van der Waals surface area contributed by atoms with Crippen LogP contribution in [0.1, 0.15) is 17.3 Å². The summed E-state index contributed by atoms with van der Waals surface area (Å²) >= 11 is 10.9. The lowest BCUT2D eigenvalue weighted by molar-refractivity contribution is -0.384. The molecule has 13 heteroatoms. The van der Waals surface area contributed by atoms with Gasteiger partial charge in [-0.3, -0.25) is 24.9 Å². The second-order valence-electron chi connectivity index (χ2n) is 6.92. The van der Waals surface area contributed by atoms with Crippen molar-refractivity contribution >= 4 is 61.9 Å². The number of hydrogen-bond acceptors (Lipinski definition) is 7. The number of anilines is 2. The normalized spacial score (nSPS) is 10.8. The number of hydrogen-bond donors (Lipinski definition) is 3. The molecule has 182 valence electrons. The molecule has 0 spiro atoms. The molecular weight excluding hydrogens is 516 g/mol. The molecule has 0 saturated heterocycles. The molecular formula is C22H19ClN4O6S2. The Morgan fingerprint density at radius 1 is 1.06 bits per heavy atom. The predicted molar refractivity (Wildman–Crippen MR) is 137 cm³/mol. The van der Waals surface area contributed by atoms with E-state index in [1.54, 1.807) is 24.3 Å². The minimum Gasteiger partial charge on any atom is -0.494 e. The monoisotopic (exact) mass is 534 g/mol. The van der Waals surface area contributed by atoms with Crippen molar-refractivity contribution in [2.75, 3.05) is 16.6 Å². The van der Waals surface area contributed by atoms with Crippen molar-refractivity contribution in [2.24, 2.45) is 0 Å². The first-order valence-corrected chi connectivity index (χ1v) is 12.3. The van der Waals surface area contributed by atoms with E-state index in [0.717, 1.165) is 6.07 Å². The van der Waals surface area contributed by atoms with Gasteiger partial charge in [-0.2, -0.15) is 0 Å². The second-order valence-corrected chi connectivity index (χ2v) is 9.42. The van der Waals surface area contributed by atoms with Crippen molar-refractivity contribution in [2.45, 2.75) is 11.8 Å². The van der Waals surface area contributed by atoms with E-state index in [4.69, 9.17) is 28.6 Å². The van der Waals surface area contributed by atoms with E-state index in [9.17, 15) is 23.3 Å². The van der Waals surface area contributed by atoms with E-state index in [1.807, 2.05) is 6.92 Å². The summed E-state index contributed by atoms with van der Waals surface area (Å²) in [4.78, 5) is 22.7. The number of nitro groups is 1. The van der Waals surface area contributed by atoms with Crippen LogP contribution < -0.4 is 20.1 Å². The molecule has 10 nitrogen and oxygen atoms in total. The van der Waals surface area contributed by atoms with Crippen LogP contribution in [0.4, 0.5) is 17.1 Å². The molecule has 0 radical (unpaired) electrons. The zero-order valence-electron chi connectivity index (χ0n) is 18.1. The molecule has 0 aliphatic rings. The third kappa shape index (κ3) is 6.88. The third-order valence-electron chi connectivity index (χ3n) is 4.47. The van der Waals surface area contributed by atoms with Gasteiger partial charge in [-0.15, -0.1) is 0 Å². The third-order valence-corrected chi connectivity index (χ3v) is 6.39. The van der Waals surface area contributed by atoms with Gasteiger partial charge < -0.3 is 10.1 Å². The minimum absolute atomic E-state index is 0.00736. The fourth-order valence-electron chi connectivity index (χ4n) is 2.85. The van der Waals surface area contributed by atoms with Crippen molar-refractivity contribution < 1.29 is 22.9 Å². The van der Waals surface area contributed by atoms with Gasteiger partial charge in [0.05, 0.1) is 16.4 Å². The van der Waals surface area contributed by atoms with Crippen molar-refractivity contribution in [1.29, 1.82) is 0 Å². The van der Waals surface area contributed by atoms with Crippen molar-refractivity contribution in [1.82, 2.24) is 5.32 Å². The van der Waals surface area contributed by atoms with E-state index in [0.29, 0.717) is 23.7 Å². The van der Waals surface area contributed by atoms with E-state index < -0.39 is 26.5 Å². The minimum atomic E-state index is -3.84. The van der Waals surface area contributed by atoms with E-state index in [1.165, 1.54) is 36.4 Å². The van der Waals surface area contributed by atoms with Crippen molar-refractivity contribution in [3.05, 3.63) is 87.4 Å². The number of ether oxygens (including phenoxy) is 1. The summed E-state index contributed by atoms with van der Waals surface area (Å²) in [6, 6.07) is 15.8. The summed E-state index contributed by atoms with van der Waals surface area (Å²) in [5, 5.41) is 16.0. The number of amides is 1. The van der Waals surface area contributed by atoms with Crippen LogP contribution in [0.3, 0.4) is 0 Å². The molecule has 0 fully saturated rings. The van der Waals surface area contributed by atoms with Crippen LogP contribution in [-0.4, -0.2) is 31.0 Å². The van der Waals surface area contributed by atoms with Gasteiger partial charge in [0.1, 0.15) is 10.8 Å². The summed E-state index contributed by atoms with van der Waals surface area (Å²) in [5.74, 6) is -0.0516. The fraction of sp³-hybridized carbons (Fsp3) is 0.0909. The molecule has 0 unspecified atom stereocenters. The van der Waals surface area contributed by atoms with Gasteiger partial charge >= 0.3 is 0 Å². The van der Waals surface area contributed by atoms with Gasteiger partial charge in [0.15, 0.2) is 5.11 Å². The zero-order valence-corrected chi connectivity index (χ0v) is 20.5. The van der Waals surface area contributed by atoms with Crippen LogP contribution in [0.2, 0.25) is 5.02 Å². The molecule has 1 amide bonds. The predicted octanol–water partition coefficient (Wildman–Crippen LogP) is 4.57. The molecule has 3 N–H and O–H groups in total. The fourth-order valence-corrected chi connectivity index (χ4v) is 4.30. The van der Waals surface area contributed by atoms with Crippen LogP contribution in [0.5, 0.6) is 5.75 Å². The van der Waals surface area contributed by atoms with Gasteiger partial charge in [0, 0.05) is 23.0 Å². The molecule has 0 bridgehead atoms. The quantitative estimate of drug-likeness (QED) is 0.217. The first-order valence-electron chi connectivity index (χ1n) is 10.0. The summed E-state index contributed by atoms with van der Waals surface area (Å²) in [5.41, 5.74) is 0.375. The number of carbonyl (C=O) groups excluding carboxylic acids is 1. The number of nitro benzene ring substituents is 1. The highest BCUT2D eigenvalue weighted by atomic mass is 35.5. The molecule has 0 aliphatic carbocycles. The Kier molecular flexibility index (Phi) is 8.22. The molecule has 0 aromatic heterocycles. The summed E-state index contributed by atoms with van der Waals surface area (Å²) < 4.78 is 33.1. The SMILES string of the molecule is CCOc1ccc(NS(=O)(=O)c2ccc(NC(=S)NC(=O)c3ccc(Cl)c([N+](=O)[O-])c3)cc2)cc1. The van der Waals surface area contributed by atoms with E-state index in [2.05, 4.69) is 15.4 Å². The van der Waals surface area contributed by atoms with Crippen LogP contribution in [0, 0.1) is 10.1 Å². The number of sulfonamides is 1. The van der Waals surface area contributed by atoms with Gasteiger partial charge in [0.25, 0.3) is 21.6 Å². The average Bonchev–Trinajstić information content (AvgIpc) is 2.80. The maximum absolute atomic E-state index is 12.6. The lowest BCUT2D eigenvalue weighted by Gasteiger charge is -2.12. The Balaban J connectivity index is 1.62.